The van der Waals surface area contributed by atoms with Crippen molar-refractivity contribution in [3.63, 3.8) is 0 Å². The molecule has 1 N–H and O–H groups in total. The van der Waals surface area contributed by atoms with Gasteiger partial charge in [-0.05, 0) is 55.8 Å². The molecule has 0 bridgehead atoms. The number of ether oxygens (including phenoxy) is 1. The van der Waals surface area contributed by atoms with E-state index in [-0.39, 0.29) is 0 Å². The Bertz CT molecular complexity index is 666. The predicted octanol–water partition coefficient (Wildman–Crippen LogP) is 3.60. The number of thioether (sulfide) groups is 1. The third kappa shape index (κ3) is 2.12. The van der Waals surface area contributed by atoms with E-state index in [1.54, 1.807) is 0 Å². The van der Waals surface area contributed by atoms with Gasteiger partial charge in [0.1, 0.15) is 0 Å². The van der Waals surface area contributed by atoms with Crippen LogP contribution in [-0.4, -0.2) is 42.4 Å². The van der Waals surface area contributed by atoms with E-state index in [0.29, 0.717) is 12.1 Å². The van der Waals surface area contributed by atoms with Crippen molar-refractivity contribution in [3.05, 3.63) is 29.5 Å². The largest absolute Gasteiger partial charge is 0.383 e. The van der Waals surface area contributed by atoms with Gasteiger partial charge in [-0.1, -0.05) is 0 Å². The molecule has 2 atom stereocenters. The molecule has 2 aromatic rings. The maximum Gasteiger partial charge on any atom is 0.0740 e. The molecule has 1 saturated heterocycles. The number of benzene rings is 1. The van der Waals surface area contributed by atoms with Gasteiger partial charge in [0.05, 0.1) is 12.6 Å². The summed E-state index contributed by atoms with van der Waals surface area (Å²) >= 11 is 1.82. The van der Waals surface area contributed by atoms with E-state index in [0.717, 1.165) is 6.61 Å². The lowest BCUT2D eigenvalue weighted by Gasteiger charge is -2.37. The monoisotopic (exact) mass is 302 g/mol. The molecule has 4 rings (SSSR count). The van der Waals surface area contributed by atoms with Crippen LogP contribution in [0.2, 0.25) is 0 Å². The van der Waals surface area contributed by atoms with Crippen molar-refractivity contribution in [2.24, 2.45) is 0 Å². The van der Waals surface area contributed by atoms with E-state index in [9.17, 15) is 0 Å². The molecule has 3 heterocycles. The Morgan fingerprint density at radius 3 is 3.14 bits per heavy atom. The van der Waals surface area contributed by atoms with Crippen molar-refractivity contribution in [1.29, 1.82) is 0 Å². The van der Waals surface area contributed by atoms with Crippen LogP contribution in [0.4, 0.5) is 0 Å². The number of nitrogens with zero attached hydrogens (tertiary/aromatic N) is 1. The molecule has 0 amide bonds. The number of nitrogens with one attached hydrogen (secondary N) is 1. The van der Waals surface area contributed by atoms with E-state index < -0.39 is 0 Å². The smallest absolute Gasteiger partial charge is 0.0740 e. The Hall–Kier alpha value is -0.970. The van der Waals surface area contributed by atoms with Crippen LogP contribution < -0.4 is 0 Å². The highest BCUT2D eigenvalue weighted by atomic mass is 32.2. The van der Waals surface area contributed by atoms with Crippen molar-refractivity contribution in [1.82, 2.24) is 9.88 Å². The number of hydrogen-bond donors (Lipinski definition) is 1. The van der Waals surface area contributed by atoms with Crippen LogP contribution in [0.5, 0.6) is 0 Å². The number of methoxy groups -OCH3 is 1. The first-order valence-corrected chi connectivity index (χ1v) is 8.97. The average Bonchev–Trinajstić information content (AvgIpc) is 3.11. The summed E-state index contributed by atoms with van der Waals surface area (Å²) in [5.74, 6) is 0. The molecule has 0 spiro atoms. The number of H-pyrrole nitrogens is 1. The lowest BCUT2D eigenvalue weighted by molar-refractivity contribution is 0.0710. The van der Waals surface area contributed by atoms with Crippen LogP contribution >= 0.6 is 11.8 Å². The molecule has 2 aliphatic rings. The van der Waals surface area contributed by atoms with E-state index in [1.165, 1.54) is 52.9 Å². The molecule has 0 saturated carbocycles. The molecule has 0 radical (unpaired) electrons. The highest BCUT2D eigenvalue weighted by Crippen LogP contribution is 2.41. The maximum atomic E-state index is 5.52. The molecule has 4 heteroatoms. The first-order chi connectivity index (χ1) is 10.3. The second-order valence-electron chi connectivity index (χ2n) is 6.14. The molecule has 0 aliphatic carbocycles. The molecule has 3 nitrogen and oxygen atoms in total. The van der Waals surface area contributed by atoms with Gasteiger partial charge >= 0.3 is 0 Å². The van der Waals surface area contributed by atoms with Crippen LogP contribution in [0, 0.1) is 0 Å². The van der Waals surface area contributed by atoms with Gasteiger partial charge in [-0.3, -0.25) is 4.90 Å². The standard InChI is InChI=1S/C17H22N2OS/c1-20-10-16-17-14(8-11-4-3-7-19(11)16)13-9-12(21-2)5-6-15(13)18-17/h5-6,9,11,16,18H,3-4,7-8,10H2,1-2H3/t11-,16-/m1/s1. The summed E-state index contributed by atoms with van der Waals surface area (Å²) in [7, 11) is 1.81. The fraction of sp³-hybridized carbons (Fsp3) is 0.529. The number of hydrogen-bond acceptors (Lipinski definition) is 3. The quantitative estimate of drug-likeness (QED) is 0.878. The zero-order valence-corrected chi connectivity index (χ0v) is 13.5. The summed E-state index contributed by atoms with van der Waals surface area (Å²) in [6.07, 6.45) is 5.98. The fourth-order valence-corrected chi connectivity index (χ4v) is 4.54. The van der Waals surface area contributed by atoms with Crippen molar-refractivity contribution in [3.8, 4) is 0 Å². The lowest BCUT2D eigenvalue weighted by Crippen LogP contribution is -2.41. The summed E-state index contributed by atoms with van der Waals surface area (Å²) in [6.45, 7) is 2.00. The molecule has 112 valence electrons. The highest BCUT2D eigenvalue weighted by molar-refractivity contribution is 7.98. The third-order valence-electron chi connectivity index (χ3n) is 5.07. The normalized spacial score (nSPS) is 25.2. The van der Waals surface area contributed by atoms with Crippen molar-refractivity contribution < 1.29 is 4.74 Å². The van der Waals surface area contributed by atoms with E-state index in [1.807, 2.05) is 18.9 Å². The zero-order valence-electron chi connectivity index (χ0n) is 12.7. The molecular formula is C17H22N2OS. The summed E-state index contributed by atoms with van der Waals surface area (Å²) in [5, 5.41) is 1.42. The first kappa shape index (κ1) is 13.7. The Labute approximate surface area is 130 Å². The van der Waals surface area contributed by atoms with Gasteiger partial charge in [-0.15, -0.1) is 11.8 Å². The zero-order chi connectivity index (χ0) is 14.4. The fourth-order valence-electron chi connectivity index (χ4n) is 4.10. The van der Waals surface area contributed by atoms with Gasteiger partial charge in [0.2, 0.25) is 0 Å². The Balaban J connectivity index is 1.86. The number of rotatable bonds is 3. The predicted molar refractivity (Wildman–Crippen MR) is 88.1 cm³/mol. The van der Waals surface area contributed by atoms with Crippen LogP contribution in [-0.2, 0) is 11.2 Å². The van der Waals surface area contributed by atoms with Crippen LogP contribution in [0.3, 0.4) is 0 Å². The van der Waals surface area contributed by atoms with Gasteiger partial charge in [0.25, 0.3) is 0 Å². The Morgan fingerprint density at radius 2 is 2.33 bits per heavy atom. The SMILES string of the molecule is COC[C@@H]1c2[nH]c3ccc(SC)cc3c2C[C@H]2CCCN21. The molecule has 1 aromatic heterocycles. The van der Waals surface area contributed by atoms with E-state index >= 15 is 0 Å². The minimum absolute atomic E-state index is 0.399. The molecule has 21 heavy (non-hydrogen) atoms. The van der Waals surface area contributed by atoms with E-state index in [2.05, 4.69) is 34.3 Å². The summed E-state index contributed by atoms with van der Waals surface area (Å²) in [4.78, 5) is 7.68. The van der Waals surface area contributed by atoms with Gasteiger partial charge < -0.3 is 9.72 Å². The molecule has 2 aliphatic heterocycles. The maximum absolute atomic E-state index is 5.52. The summed E-state index contributed by atoms with van der Waals surface area (Å²) in [6, 6.07) is 7.89. The van der Waals surface area contributed by atoms with Crippen LogP contribution in [0.1, 0.15) is 30.1 Å². The number of fused-ring (bicyclic) bond motifs is 4. The van der Waals surface area contributed by atoms with Crippen molar-refractivity contribution >= 4 is 22.7 Å². The summed E-state index contributed by atoms with van der Waals surface area (Å²) in [5.41, 5.74) is 4.20. The number of aromatic nitrogens is 1. The van der Waals surface area contributed by atoms with Gasteiger partial charge in [-0.2, -0.15) is 0 Å². The minimum atomic E-state index is 0.399. The molecular weight excluding hydrogens is 280 g/mol. The first-order valence-electron chi connectivity index (χ1n) is 7.75. The third-order valence-corrected chi connectivity index (χ3v) is 5.79. The van der Waals surface area contributed by atoms with E-state index in [4.69, 9.17) is 4.74 Å². The Morgan fingerprint density at radius 1 is 1.43 bits per heavy atom. The van der Waals surface area contributed by atoms with Crippen molar-refractivity contribution in [2.45, 2.75) is 36.2 Å². The van der Waals surface area contributed by atoms with Crippen LogP contribution in [0.15, 0.2) is 23.1 Å². The lowest BCUT2D eigenvalue weighted by atomic mass is 9.92. The number of aromatic amines is 1. The summed E-state index contributed by atoms with van der Waals surface area (Å²) < 4.78 is 5.52. The van der Waals surface area contributed by atoms with Gasteiger partial charge in [0, 0.05) is 34.6 Å². The van der Waals surface area contributed by atoms with Crippen LogP contribution in [0.25, 0.3) is 10.9 Å². The van der Waals surface area contributed by atoms with Gasteiger partial charge in [0.15, 0.2) is 0 Å². The van der Waals surface area contributed by atoms with Gasteiger partial charge in [-0.25, -0.2) is 0 Å². The molecule has 1 aromatic carbocycles. The second-order valence-corrected chi connectivity index (χ2v) is 7.02. The average molecular weight is 302 g/mol. The Kier molecular flexibility index (Phi) is 3.48. The second kappa shape index (κ2) is 5.34. The van der Waals surface area contributed by atoms with Crippen molar-refractivity contribution in [2.75, 3.05) is 26.5 Å². The topological polar surface area (TPSA) is 28.3 Å². The highest BCUT2D eigenvalue weighted by Gasteiger charge is 2.38. The molecule has 0 unspecified atom stereocenters. The molecule has 1 fully saturated rings. The minimum Gasteiger partial charge on any atom is -0.383 e.